The fourth-order valence-electron chi connectivity index (χ4n) is 6.18. The number of fused-ring (bicyclic) bond motifs is 1. The van der Waals surface area contributed by atoms with Crippen LogP contribution in [0, 0.1) is 11.8 Å². The molecule has 37 heavy (non-hydrogen) atoms. The Balaban J connectivity index is 1.63. The molecule has 0 radical (unpaired) electrons. The van der Waals surface area contributed by atoms with Crippen LogP contribution in [-0.2, 0) is 19.1 Å². The number of carbonyl (C=O) groups excluding carboxylic acids is 3. The van der Waals surface area contributed by atoms with Crippen molar-refractivity contribution in [2.24, 2.45) is 11.8 Å². The Bertz CT molecular complexity index is 987. The van der Waals surface area contributed by atoms with Crippen molar-refractivity contribution in [2.45, 2.75) is 81.5 Å². The summed E-state index contributed by atoms with van der Waals surface area (Å²) in [6.45, 7) is 6.65. The van der Waals surface area contributed by atoms with Crippen molar-refractivity contribution in [1.82, 2.24) is 10.2 Å². The number of rotatable bonds is 12. The Hall–Kier alpha value is -2.17. The fourth-order valence-corrected chi connectivity index (χ4v) is 7.13. The van der Waals surface area contributed by atoms with Crippen LogP contribution in [0.2, 0.25) is 0 Å². The van der Waals surface area contributed by atoms with Gasteiger partial charge in [0, 0.05) is 17.1 Å². The van der Waals surface area contributed by atoms with E-state index < -0.39 is 35.6 Å². The maximum absolute atomic E-state index is 14.0. The standard InChI is InChI=1S/C27H38BrN3O6/c1-4-7-8-13-29-25(34)23-27-14-19(28)22(37-27)20(21(27)26(35)31(23)17(5-2)15-32)24(33)30-16-9-11-18(12-10-16)36-6-3/h9-12,17,19-23,32H,4-8,13-15H2,1-3H3,(H,29,34)(H,30,33)/t17-,19?,20-,21-,22-,23?,27?/m0/s1. The van der Waals surface area contributed by atoms with Crippen LogP contribution >= 0.6 is 15.9 Å². The number of carbonyl (C=O) groups is 3. The Labute approximate surface area is 226 Å². The minimum atomic E-state index is -1.13. The maximum atomic E-state index is 14.0. The predicted octanol–water partition coefficient (Wildman–Crippen LogP) is 2.85. The highest BCUT2D eigenvalue weighted by atomic mass is 79.9. The summed E-state index contributed by atoms with van der Waals surface area (Å²) in [7, 11) is 0. The molecule has 3 saturated heterocycles. The third kappa shape index (κ3) is 5.00. The number of nitrogens with one attached hydrogen (secondary N) is 2. The number of hydrogen-bond acceptors (Lipinski definition) is 6. The van der Waals surface area contributed by atoms with Crippen molar-refractivity contribution < 1.29 is 29.0 Å². The molecular weight excluding hydrogens is 542 g/mol. The molecule has 3 N–H and O–H groups in total. The summed E-state index contributed by atoms with van der Waals surface area (Å²) in [5, 5.41) is 16.0. The van der Waals surface area contributed by atoms with Crippen molar-refractivity contribution in [1.29, 1.82) is 0 Å². The van der Waals surface area contributed by atoms with E-state index in [1.165, 1.54) is 4.90 Å². The van der Waals surface area contributed by atoms with E-state index in [9.17, 15) is 19.5 Å². The van der Waals surface area contributed by atoms with Crippen molar-refractivity contribution in [3.8, 4) is 5.75 Å². The number of nitrogens with zero attached hydrogens (tertiary/aromatic N) is 1. The molecule has 2 bridgehead atoms. The van der Waals surface area contributed by atoms with Crippen LogP contribution in [-0.4, -0.2) is 76.1 Å². The molecule has 3 unspecified atom stereocenters. The predicted molar refractivity (Wildman–Crippen MR) is 142 cm³/mol. The quantitative estimate of drug-likeness (QED) is 0.259. The molecule has 1 spiro atoms. The molecule has 1 aromatic rings. The highest BCUT2D eigenvalue weighted by Gasteiger charge is 2.76. The zero-order chi connectivity index (χ0) is 26.7. The van der Waals surface area contributed by atoms with Crippen LogP contribution in [0.4, 0.5) is 5.69 Å². The number of amides is 3. The average Bonchev–Trinajstić information content (AvgIpc) is 3.48. The van der Waals surface area contributed by atoms with Gasteiger partial charge in [-0.05, 0) is 50.5 Å². The normalized spacial score (nSPS) is 30.8. The molecule has 0 saturated carbocycles. The lowest BCUT2D eigenvalue weighted by Gasteiger charge is -2.36. The first-order chi connectivity index (χ1) is 17.8. The number of unbranched alkanes of at least 4 members (excludes halogenated alkanes) is 2. The van der Waals surface area contributed by atoms with E-state index in [1.807, 2.05) is 13.8 Å². The molecule has 4 rings (SSSR count). The highest BCUT2D eigenvalue weighted by Crippen LogP contribution is 2.60. The first kappa shape index (κ1) is 27.9. The molecule has 0 aliphatic carbocycles. The second kappa shape index (κ2) is 11.7. The Morgan fingerprint density at radius 3 is 2.57 bits per heavy atom. The lowest BCUT2D eigenvalue weighted by molar-refractivity contribution is -0.145. The van der Waals surface area contributed by atoms with Crippen molar-refractivity contribution in [3.63, 3.8) is 0 Å². The minimum absolute atomic E-state index is 0.183. The molecule has 9 nitrogen and oxygen atoms in total. The van der Waals surface area contributed by atoms with Gasteiger partial charge in [-0.3, -0.25) is 14.4 Å². The van der Waals surface area contributed by atoms with Gasteiger partial charge in [-0.2, -0.15) is 0 Å². The molecule has 3 heterocycles. The Morgan fingerprint density at radius 2 is 1.95 bits per heavy atom. The van der Waals surface area contributed by atoms with E-state index in [4.69, 9.17) is 9.47 Å². The van der Waals surface area contributed by atoms with Gasteiger partial charge in [0.25, 0.3) is 0 Å². The van der Waals surface area contributed by atoms with E-state index in [2.05, 4.69) is 33.5 Å². The smallest absolute Gasteiger partial charge is 0.245 e. The number of benzene rings is 1. The van der Waals surface area contributed by atoms with Crippen LogP contribution in [0.3, 0.4) is 0 Å². The fraction of sp³-hybridized carbons (Fsp3) is 0.667. The average molecular weight is 581 g/mol. The van der Waals surface area contributed by atoms with Crippen LogP contribution < -0.4 is 15.4 Å². The lowest BCUT2D eigenvalue weighted by Crippen LogP contribution is -2.58. The van der Waals surface area contributed by atoms with Crippen LogP contribution in [0.5, 0.6) is 5.75 Å². The van der Waals surface area contributed by atoms with Gasteiger partial charge in [0.2, 0.25) is 17.7 Å². The molecule has 3 aliphatic heterocycles. The first-order valence-corrected chi connectivity index (χ1v) is 14.3. The molecule has 7 atom stereocenters. The van der Waals surface area contributed by atoms with E-state index in [1.54, 1.807) is 24.3 Å². The summed E-state index contributed by atoms with van der Waals surface area (Å²) in [5.41, 5.74) is -0.542. The summed E-state index contributed by atoms with van der Waals surface area (Å²) in [5.74, 6) is -1.78. The number of aliphatic hydroxyl groups is 1. The highest BCUT2D eigenvalue weighted by molar-refractivity contribution is 9.09. The number of hydrogen-bond donors (Lipinski definition) is 3. The number of likely N-dealkylation sites (tertiary alicyclic amines) is 1. The lowest BCUT2D eigenvalue weighted by atomic mass is 9.70. The van der Waals surface area contributed by atoms with E-state index in [-0.39, 0.29) is 29.2 Å². The first-order valence-electron chi connectivity index (χ1n) is 13.4. The summed E-state index contributed by atoms with van der Waals surface area (Å²) in [6.07, 6.45) is 3.24. The third-order valence-corrected chi connectivity index (χ3v) is 8.71. The second-order valence-corrected chi connectivity index (χ2v) is 11.3. The topological polar surface area (TPSA) is 117 Å². The van der Waals surface area contributed by atoms with Gasteiger partial charge in [0.1, 0.15) is 17.4 Å². The number of ether oxygens (including phenoxy) is 2. The van der Waals surface area contributed by atoms with Gasteiger partial charge in [0.05, 0.1) is 37.2 Å². The largest absolute Gasteiger partial charge is 0.494 e. The number of alkyl halides is 1. The molecule has 3 fully saturated rings. The Kier molecular flexibility index (Phi) is 8.81. The van der Waals surface area contributed by atoms with Gasteiger partial charge in [-0.15, -0.1) is 0 Å². The van der Waals surface area contributed by atoms with Crippen molar-refractivity contribution in [2.75, 3.05) is 25.1 Å². The Morgan fingerprint density at radius 1 is 1.22 bits per heavy atom. The van der Waals surface area contributed by atoms with Crippen molar-refractivity contribution in [3.05, 3.63) is 24.3 Å². The summed E-state index contributed by atoms with van der Waals surface area (Å²) < 4.78 is 12.0. The number of anilines is 1. The number of aliphatic hydroxyl groups excluding tert-OH is 1. The van der Waals surface area contributed by atoms with E-state index in [0.29, 0.717) is 37.4 Å². The zero-order valence-electron chi connectivity index (χ0n) is 21.7. The molecule has 1 aromatic carbocycles. The second-order valence-electron chi connectivity index (χ2n) is 10.1. The SMILES string of the molecule is CCCCCNC(=O)C1N([C@@H](CC)CO)C(=O)[C@@H]2[C@H](C(=O)Nc3ccc(OCC)cc3)[C@H]3OC12CC3Br. The molecule has 10 heteroatoms. The molecule has 3 aliphatic rings. The van der Waals surface area contributed by atoms with Gasteiger partial charge in [-0.1, -0.05) is 42.6 Å². The molecule has 204 valence electrons. The van der Waals surface area contributed by atoms with Crippen molar-refractivity contribution >= 4 is 39.3 Å². The maximum Gasteiger partial charge on any atom is 0.245 e. The van der Waals surface area contributed by atoms with Gasteiger partial charge >= 0.3 is 0 Å². The summed E-state index contributed by atoms with van der Waals surface area (Å²) in [6, 6.07) is 5.63. The molecular formula is C27H38BrN3O6. The van der Waals surface area contributed by atoms with Crippen LogP contribution in [0.25, 0.3) is 0 Å². The monoisotopic (exact) mass is 579 g/mol. The molecule has 3 amide bonds. The van der Waals surface area contributed by atoms with Gasteiger partial charge in [-0.25, -0.2) is 0 Å². The van der Waals surface area contributed by atoms with Crippen LogP contribution in [0.15, 0.2) is 24.3 Å². The summed E-state index contributed by atoms with van der Waals surface area (Å²) in [4.78, 5) is 42.5. The zero-order valence-corrected chi connectivity index (χ0v) is 23.3. The summed E-state index contributed by atoms with van der Waals surface area (Å²) >= 11 is 3.68. The van der Waals surface area contributed by atoms with E-state index >= 15 is 0 Å². The third-order valence-electron chi connectivity index (χ3n) is 7.87. The van der Waals surface area contributed by atoms with Gasteiger partial charge in [0.15, 0.2) is 0 Å². The van der Waals surface area contributed by atoms with Gasteiger partial charge < -0.3 is 30.1 Å². The number of halogens is 1. The van der Waals surface area contributed by atoms with E-state index in [0.717, 1.165) is 19.3 Å². The van der Waals surface area contributed by atoms with Crippen LogP contribution in [0.1, 0.15) is 52.9 Å². The molecule has 0 aromatic heterocycles. The minimum Gasteiger partial charge on any atom is -0.494 e.